The molecule has 0 saturated carbocycles. The highest BCUT2D eigenvalue weighted by Gasteiger charge is 2.11. The van der Waals surface area contributed by atoms with E-state index in [0.29, 0.717) is 16.9 Å². The van der Waals surface area contributed by atoms with Gasteiger partial charge in [-0.1, -0.05) is 17.7 Å². The van der Waals surface area contributed by atoms with Crippen LogP contribution in [-0.4, -0.2) is 10.9 Å². The molecule has 3 aromatic rings. The van der Waals surface area contributed by atoms with Crippen LogP contribution in [0.1, 0.15) is 32.6 Å². The second-order valence-corrected chi connectivity index (χ2v) is 6.47. The van der Waals surface area contributed by atoms with Gasteiger partial charge in [-0.3, -0.25) is 4.79 Å². The fourth-order valence-corrected chi connectivity index (χ4v) is 2.98. The number of anilines is 3. The summed E-state index contributed by atoms with van der Waals surface area (Å²) in [5, 5.41) is 15.0. The number of benzene rings is 2. The Labute approximate surface area is 158 Å². The Hall–Kier alpha value is -3.65. The van der Waals surface area contributed by atoms with Crippen molar-refractivity contribution in [2.24, 2.45) is 0 Å². The zero-order chi connectivity index (χ0) is 19.4. The molecule has 0 spiro atoms. The Morgan fingerprint density at radius 3 is 2.30 bits per heavy atom. The normalized spacial score (nSPS) is 10.1. The van der Waals surface area contributed by atoms with Gasteiger partial charge in [-0.25, -0.2) is 4.98 Å². The Balaban J connectivity index is 1.78. The summed E-state index contributed by atoms with van der Waals surface area (Å²) in [6, 6.07) is 16.6. The number of amides is 1. The van der Waals surface area contributed by atoms with Crippen molar-refractivity contribution in [2.45, 2.75) is 20.8 Å². The predicted octanol–water partition coefficient (Wildman–Crippen LogP) is 4.87. The lowest BCUT2D eigenvalue weighted by Crippen LogP contribution is -2.14. The van der Waals surface area contributed by atoms with Gasteiger partial charge >= 0.3 is 0 Å². The molecule has 1 aromatic heterocycles. The van der Waals surface area contributed by atoms with Crippen molar-refractivity contribution < 1.29 is 4.79 Å². The minimum absolute atomic E-state index is 0.185. The zero-order valence-corrected chi connectivity index (χ0v) is 15.5. The smallest absolute Gasteiger partial charge is 0.255 e. The Kier molecular flexibility index (Phi) is 5.18. The van der Waals surface area contributed by atoms with Crippen LogP contribution in [0.2, 0.25) is 0 Å². The van der Waals surface area contributed by atoms with E-state index in [0.717, 1.165) is 22.5 Å². The lowest BCUT2D eigenvalue weighted by molar-refractivity contribution is 0.102. The Morgan fingerprint density at radius 2 is 1.67 bits per heavy atom. The van der Waals surface area contributed by atoms with Crippen LogP contribution in [-0.2, 0) is 0 Å². The quantitative estimate of drug-likeness (QED) is 0.699. The molecule has 1 amide bonds. The van der Waals surface area contributed by atoms with Gasteiger partial charge < -0.3 is 10.6 Å². The molecule has 0 bridgehead atoms. The second kappa shape index (κ2) is 7.71. The number of pyridine rings is 1. The molecule has 3 rings (SSSR count). The number of nitrogens with zero attached hydrogens (tertiary/aromatic N) is 2. The molecule has 0 aliphatic carbocycles. The lowest BCUT2D eigenvalue weighted by Gasteiger charge is -2.13. The van der Waals surface area contributed by atoms with Crippen molar-refractivity contribution in [1.29, 1.82) is 5.26 Å². The molecule has 0 atom stereocenters. The maximum absolute atomic E-state index is 12.7. The molecule has 5 nitrogen and oxygen atoms in total. The third kappa shape index (κ3) is 4.31. The van der Waals surface area contributed by atoms with Gasteiger partial charge in [-0.2, -0.15) is 5.26 Å². The van der Waals surface area contributed by atoms with Crippen molar-refractivity contribution in [3.8, 4) is 6.07 Å². The third-order valence-corrected chi connectivity index (χ3v) is 4.22. The fraction of sp³-hybridized carbons (Fsp3) is 0.136. The molecule has 0 saturated heterocycles. The van der Waals surface area contributed by atoms with E-state index >= 15 is 0 Å². The van der Waals surface area contributed by atoms with E-state index in [1.807, 2.05) is 32.9 Å². The molecule has 2 N–H and O–H groups in total. The van der Waals surface area contributed by atoms with Gasteiger partial charge in [0.1, 0.15) is 5.82 Å². The SMILES string of the molecule is Cc1cc(C)c(NC(=O)c2ccnc(Nc3ccc(C#N)cc3)c2)c(C)c1. The summed E-state index contributed by atoms with van der Waals surface area (Å²) in [5.41, 5.74) is 5.97. The summed E-state index contributed by atoms with van der Waals surface area (Å²) in [6.07, 6.45) is 1.59. The van der Waals surface area contributed by atoms with Crippen LogP contribution in [0, 0.1) is 32.1 Å². The van der Waals surface area contributed by atoms with Gasteiger partial charge in [0.25, 0.3) is 5.91 Å². The van der Waals surface area contributed by atoms with Crippen LogP contribution >= 0.6 is 0 Å². The standard InChI is InChI=1S/C22H20N4O/c1-14-10-15(2)21(16(3)11-14)26-22(27)18-8-9-24-20(12-18)25-19-6-4-17(13-23)5-7-19/h4-12H,1-3H3,(H,24,25)(H,26,27). The molecule has 134 valence electrons. The molecule has 0 aliphatic rings. The monoisotopic (exact) mass is 356 g/mol. The van der Waals surface area contributed by atoms with Gasteiger partial charge in [0, 0.05) is 23.1 Å². The summed E-state index contributed by atoms with van der Waals surface area (Å²) in [4.78, 5) is 16.9. The minimum Gasteiger partial charge on any atom is -0.340 e. The number of hydrogen-bond acceptors (Lipinski definition) is 4. The van der Waals surface area contributed by atoms with Gasteiger partial charge in [0.05, 0.1) is 11.6 Å². The number of nitrogens with one attached hydrogen (secondary N) is 2. The number of hydrogen-bond donors (Lipinski definition) is 2. The molecule has 0 radical (unpaired) electrons. The first kappa shape index (κ1) is 18.2. The van der Waals surface area contributed by atoms with E-state index in [9.17, 15) is 4.79 Å². The van der Waals surface area contributed by atoms with Crippen LogP contribution in [0.5, 0.6) is 0 Å². The number of aryl methyl sites for hydroxylation is 3. The summed E-state index contributed by atoms with van der Waals surface area (Å²) in [7, 11) is 0. The summed E-state index contributed by atoms with van der Waals surface area (Å²) >= 11 is 0. The van der Waals surface area contributed by atoms with Gasteiger partial charge in [-0.15, -0.1) is 0 Å². The molecule has 0 unspecified atom stereocenters. The van der Waals surface area contributed by atoms with Crippen molar-refractivity contribution in [3.05, 3.63) is 82.5 Å². The van der Waals surface area contributed by atoms with Gasteiger partial charge in [0.15, 0.2) is 0 Å². The number of rotatable bonds is 4. The molecule has 5 heteroatoms. The van der Waals surface area contributed by atoms with E-state index < -0.39 is 0 Å². The average Bonchev–Trinajstić information content (AvgIpc) is 2.65. The maximum Gasteiger partial charge on any atom is 0.255 e. The average molecular weight is 356 g/mol. The van der Waals surface area contributed by atoms with Crippen LogP contribution in [0.25, 0.3) is 0 Å². The minimum atomic E-state index is -0.185. The number of carbonyl (C=O) groups is 1. The van der Waals surface area contributed by atoms with Crippen molar-refractivity contribution >= 4 is 23.1 Å². The predicted molar refractivity (Wildman–Crippen MR) is 107 cm³/mol. The van der Waals surface area contributed by atoms with Gasteiger partial charge in [-0.05, 0) is 68.3 Å². The molecule has 2 aromatic carbocycles. The van der Waals surface area contributed by atoms with Crippen LogP contribution < -0.4 is 10.6 Å². The van der Waals surface area contributed by atoms with Gasteiger partial charge in [0.2, 0.25) is 0 Å². The van der Waals surface area contributed by atoms with Crippen molar-refractivity contribution in [1.82, 2.24) is 4.98 Å². The Bertz CT molecular complexity index is 1010. The number of aromatic nitrogens is 1. The molecule has 27 heavy (non-hydrogen) atoms. The fourth-order valence-electron chi connectivity index (χ4n) is 2.98. The van der Waals surface area contributed by atoms with Crippen molar-refractivity contribution in [3.63, 3.8) is 0 Å². The van der Waals surface area contributed by atoms with E-state index in [-0.39, 0.29) is 5.91 Å². The number of carbonyl (C=O) groups excluding carboxylic acids is 1. The first-order chi connectivity index (χ1) is 13.0. The van der Waals surface area contributed by atoms with Crippen molar-refractivity contribution in [2.75, 3.05) is 10.6 Å². The van der Waals surface area contributed by atoms with E-state index in [1.165, 1.54) is 5.56 Å². The summed E-state index contributed by atoms with van der Waals surface area (Å²) in [5.74, 6) is 0.375. The first-order valence-electron chi connectivity index (χ1n) is 8.58. The first-order valence-corrected chi connectivity index (χ1v) is 8.58. The summed E-state index contributed by atoms with van der Waals surface area (Å²) < 4.78 is 0. The van der Waals surface area contributed by atoms with Crippen LogP contribution in [0.3, 0.4) is 0 Å². The highest BCUT2D eigenvalue weighted by molar-refractivity contribution is 6.05. The molecular weight excluding hydrogens is 336 g/mol. The topological polar surface area (TPSA) is 77.8 Å². The largest absolute Gasteiger partial charge is 0.340 e. The molecule has 0 fully saturated rings. The van der Waals surface area contributed by atoms with E-state index in [2.05, 4.69) is 21.7 Å². The Morgan fingerprint density at radius 1 is 1.00 bits per heavy atom. The lowest BCUT2D eigenvalue weighted by atomic mass is 10.0. The second-order valence-electron chi connectivity index (χ2n) is 6.47. The molecular formula is C22H20N4O. The van der Waals surface area contributed by atoms with Crippen LogP contribution in [0.15, 0.2) is 54.7 Å². The number of nitriles is 1. The molecule has 1 heterocycles. The molecule has 0 aliphatic heterocycles. The highest BCUT2D eigenvalue weighted by Crippen LogP contribution is 2.23. The van der Waals surface area contributed by atoms with E-state index in [1.54, 1.807) is 42.6 Å². The third-order valence-electron chi connectivity index (χ3n) is 4.22. The maximum atomic E-state index is 12.7. The van der Waals surface area contributed by atoms with Crippen LogP contribution in [0.4, 0.5) is 17.2 Å². The summed E-state index contributed by atoms with van der Waals surface area (Å²) in [6.45, 7) is 6.01. The zero-order valence-electron chi connectivity index (χ0n) is 15.5. The highest BCUT2D eigenvalue weighted by atomic mass is 16.1. The van der Waals surface area contributed by atoms with E-state index in [4.69, 9.17) is 5.26 Å².